The molecule has 0 aliphatic carbocycles. The molecule has 0 radical (unpaired) electrons. The van der Waals surface area contributed by atoms with Crippen molar-refractivity contribution in [2.45, 2.75) is 6.54 Å². The Kier molecular flexibility index (Phi) is 2.93. The molecular weight excluding hydrogens is 188 g/mol. The van der Waals surface area contributed by atoms with E-state index in [1.54, 1.807) is 7.11 Å². The second-order valence-corrected chi connectivity index (χ2v) is 3.27. The summed E-state index contributed by atoms with van der Waals surface area (Å²) in [7, 11) is 1.67. The number of nitrogens with one attached hydrogen (secondary N) is 1. The van der Waals surface area contributed by atoms with Crippen LogP contribution in [0.25, 0.3) is 0 Å². The highest BCUT2D eigenvalue weighted by molar-refractivity contribution is 5.27. The van der Waals surface area contributed by atoms with Gasteiger partial charge in [-0.15, -0.1) is 0 Å². The Balaban J connectivity index is 1.93. The molecular formula is C12H14N2O. The summed E-state index contributed by atoms with van der Waals surface area (Å²) in [6.07, 6.45) is 3.95. The van der Waals surface area contributed by atoms with Crippen molar-refractivity contribution in [1.29, 1.82) is 0 Å². The number of ether oxygens (including phenoxy) is 1. The van der Waals surface area contributed by atoms with Gasteiger partial charge in [-0.2, -0.15) is 0 Å². The maximum absolute atomic E-state index is 5.09. The number of rotatable bonds is 4. The standard InChI is InChI=1S/C12H14N2O/c1-15-12-6-4-11(5-7-12)10-13-14-8-2-3-9-14/h2-9,13H,10H2,1H3. The van der Waals surface area contributed by atoms with Gasteiger partial charge in [0.2, 0.25) is 0 Å². The number of hydrogen-bond donors (Lipinski definition) is 1. The first-order valence-electron chi connectivity index (χ1n) is 4.88. The van der Waals surface area contributed by atoms with Gasteiger partial charge in [-0.3, -0.25) is 4.68 Å². The first-order chi connectivity index (χ1) is 7.38. The Morgan fingerprint density at radius 3 is 2.40 bits per heavy atom. The van der Waals surface area contributed by atoms with Crippen LogP contribution in [0.4, 0.5) is 0 Å². The molecule has 0 unspecified atom stereocenters. The summed E-state index contributed by atoms with van der Waals surface area (Å²) in [6, 6.07) is 12.0. The van der Waals surface area contributed by atoms with Gasteiger partial charge >= 0.3 is 0 Å². The maximum atomic E-state index is 5.09. The van der Waals surface area contributed by atoms with E-state index in [1.165, 1.54) is 5.56 Å². The molecule has 1 N–H and O–H groups in total. The van der Waals surface area contributed by atoms with Crippen molar-refractivity contribution in [2.24, 2.45) is 0 Å². The number of hydrogen-bond acceptors (Lipinski definition) is 2. The van der Waals surface area contributed by atoms with Gasteiger partial charge in [0.05, 0.1) is 13.7 Å². The monoisotopic (exact) mass is 202 g/mol. The molecule has 0 bridgehead atoms. The molecule has 2 aromatic rings. The molecule has 2 rings (SSSR count). The van der Waals surface area contributed by atoms with Gasteiger partial charge in [-0.05, 0) is 29.8 Å². The molecule has 0 atom stereocenters. The van der Waals surface area contributed by atoms with Crippen LogP contribution in [0.3, 0.4) is 0 Å². The van der Waals surface area contributed by atoms with E-state index in [2.05, 4.69) is 17.6 Å². The SMILES string of the molecule is COc1ccc(CNn2cccc2)cc1. The van der Waals surface area contributed by atoms with E-state index in [-0.39, 0.29) is 0 Å². The Morgan fingerprint density at radius 2 is 1.80 bits per heavy atom. The predicted molar refractivity (Wildman–Crippen MR) is 60.5 cm³/mol. The van der Waals surface area contributed by atoms with Crippen molar-refractivity contribution in [2.75, 3.05) is 12.5 Å². The zero-order valence-corrected chi connectivity index (χ0v) is 8.68. The lowest BCUT2D eigenvalue weighted by Crippen LogP contribution is -2.11. The predicted octanol–water partition coefficient (Wildman–Crippen LogP) is 2.24. The number of nitrogens with zero attached hydrogens (tertiary/aromatic N) is 1. The van der Waals surface area contributed by atoms with E-state index in [9.17, 15) is 0 Å². The van der Waals surface area contributed by atoms with Gasteiger partial charge in [0.15, 0.2) is 0 Å². The average molecular weight is 202 g/mol. The van der Waals surface area contributed by atoms with Gasteiger partial charge in [0.25, 0.3) is 0 Å². The van der Waals surface area contributed by atoms with E-state index >= 15 is 0 Å². The zero-order valence-electron chi connectivity index (χ0n) is 8.68. The molecule has 0 amide bonds. The zero-order chi connectivity index (χ0) is 10.5. The smallest absolute Gasteiger partial charge is 0.118 e. The minimum Gasteiger partial charge on any atom is -0.497 e. The summed E-state index contributed by atoms with van der Waals surface area (Å²) >= 11 is 0. The van der Waals surface area contributed by atoms with Gasteiger partial charge in [-0.25, -0.2) is 0 Å². The van der Waals surface area contributed by atoms with Crippen molar-refractivity contribution < 1.29 is 4.74 Å². The first-order valence-corrected chi connectivity index (χ1v) is 4.88. The Bertz CT molecular complexity index is 392. The third kappa shape index (κ3) is 2.53. The second kappa shape index (κ2) is 4.55. The summed E-state index contributed by atoms with van der Waals surface area (Å²) in [5.41, 5.74) is 4.48. The van der Waals surface area contributed by atoms with Crippen molar-refractivity contribution >= 4 is 0 Å². The van der Waals surface area contributed by atoms with Crippen LogP contribution < -0.4 is 10.2 Å². The van der Waals surface area contributed by atoms with Crippen LogP contribution >= 0.6 is 0 Å². The molecule has 0 aliphatic rings. The first kappa shape index (κ1) is 9.65. The minimum atomic E-state index is 0.804. The van der Waals surface area contributed by atoms with E-state index in [1.807, 2.05) is 41.3 Å². The Morgan fingerprint density at radius 1 is 1.13 bits per heavy atom. The van der Waals surface area contributed by atoms with E-state index in [0.717, 1.165) is 12.3 Å². The van der Waals surface area contributed by atoms with Crippen LogP contribution in [0.2, 0.25) is 0 Å². The third-order valence-corrected chi connectivity index (χ3v) is 2.23. The quantitative estimate of drug-likeness (QED) is 0.823. The molecule has 1 heterocycles. The van der Waals surface area contributed by atoms with Crippen molar-refractivity contribution in [3.63, 3.8) is 0 Å². The Labute approximate surface area is 89.3 Å². The maximum Gasteiger partial charge on any atom is 0.118 e. The molecule has 0 fully saturated rings. The molecule has 0 saturated heterocycles. The van der Waals surface area contributed by atoms with Gasteiger partial charge in [0.1, 0.15) is 5.75 Å². The highest BCUT2D eigenvalue weighted by Gasteiger charge is 1.93. The molecule has 0 saturated carbocycles. The van der Waals surface area contributed by atoms with Crippen LogP contribution in [-0.2, 0) is 6.54 Å². The van der Waals surface area contributed by atoms with Crippen molar-refractivity contribution in [1.82, 2.24) is 4.68 Å². The van der Waals surface area contributed by atoms with Gasteiger partial charge < -0.3 is 10.2 Å². The third-order valence-electron chi connectivity index (χ3n) is 2.23. The van der Waals surface area contributed by atoms with Crippen LogP contribution in [0, 0.1) is 0 Å². The molecule has 3 nitrogen and oxygen atoms in total. The van der Waals surface area contributed by atoms with Gasteiger partial charge in [0, 0.05) is 12.4 Å². The summed E-state index contributed by atoms with van der Waals surface area (Å²) in [4.78, 5) is 0. The highest BCUT2D eigenvalue weighted by Crippen LogP contribution is 2.11. The van der Waals surface area contributed by atoms with Crippen molar-refractivity contribution in [3.05, 3.63) is 54.4 Å². The fraction of sp³-hybridized carbons (Fsp3) is 0.167. The van der Waals surface area contributed by atoms with E-state index in [0.29, 0.717) is 0 Å². The van der Waals surface area contributed by atoms with E-state index in [4.69, 9.17) is 4.74 Å². The molecule has 0 aliphatic heterocycles. The molecule has 3 heteroatoms. The topological polar surface area (TPSA) is 26.2 Å². The average Bonchev–Trinajstić information content (AvgIpc) is 2.80. The van der Waals surface area contributed by atoms with Gasteiger partial charge in [-0.1, -0.05) is 12.1 Å². The summed E-state index contributed by atoms with van der Waals surface area (Å²) in [6.45, 7) is 0.804. The summed E-state index contributed by atoms with van der Waals surface area (Å²) < 4.78 is 7.03. The van der Waals surface area contributed by atoms with Crippen LogP contribution in [0.15, 0.2) is 48.8 Å². The number of methoxy groups -OCH3 is 1. The lowest BCUT2D eigenvalue weighted by atomic mass is 10.2. The van der Waals surface area contributed by atoms with Crippen LogP contribution in [0.1, 0.15) is 5.56 Å². The molecule has 0 spiro atoms. The highest BCUT2D eigenvalue weighted by atomic mass is 16.5. The minimum absolute atomic E-state index is 0.804. The molecule has 15 heavy (non-hydrogen) atoms. The number of benzene rings is 1. The molecule has 1 aromatic heterocycles. The van der Waals surface area contributed by atoms with Crippen LogP contribution in [0.5, 0.6) is 5.75 Å². The van der Waals surface area contributed by atoms with E-state index < -0.39 is 0 Å². The number of aromatic nitrogens is 1. The van der Waals surface area contributed by atoms with Crippen LogP contribution in [-0.4, -0.2) is 11.8 Å². The molecule has 78 valence electrons. The summed E-state index contributed by atoms with van der Waals surface area (Å²) in [5.74, 6) is 0.889. The fourth-order valence-corrected chi connectivity index (χ4v) is 1.37. The Hall–Kier alpha value is -1.90. The fourth-order valence-electron chi connectivity index (χ4n) is 1.37. The lowest BCUT2D eigenvalue weighted by molar-refractivity contribution is 0.414. The molecule has 1 aromatic carbocycles. The largest absolute Gasteiger partial charge is 0.497 e. The van der Waals surface area contributed by atoms with Crippen molar-refractivity contribution in [3.8, 4) is 5.75 Å². The summed E-state index contributed by atoms with van der Waals surface area (Å²) in [5, 5.41) is 0. The second-order valence-electron chi connectivity index (χ2n) is 3.27. The normalized spacial score (nSPS) is 9.93. The lowest BCUT2D eigenvalue weighted by Gasteiger charge is -2.07.